The minimum Gasteiger partial charge on any atom is -0.392 e. The highest BCUT2D eigenvalue weighted by molar-refractivity contribution is 4.80. The Morgan fingerprint density at radius 1 is 1.25 bits per heavy atom. The summed E-state index contributed by atoms with van der Waals surface area (Å²) in [7, 11) is 3.00. The smallest absolute Gasteiger partial charge is 0.279 e. The Balaban J connectivity index is 3.65. The molecule has 0 bridgehead atoms. The van der Waals surface area contributed by atoms with Crippen molar-refractivity contribution in [2.75, 3.05) is 27.4 Å². The summed E-state index contributed by atoms with van der Waals surface area (Å²) in [5.41, 5.74) is 0. The first kappa shape index (κ1) is 11.6. The lowest BCUT2D eigenvalue weighted by Gasteiger charge is -2.25. The van der Waals surface area contributed by atoms with E-state index in [1.54, 1.807) is 19.1 Å². The highest BCUT2D eigenvalue weighted by Crippen LogP contribution is 2.10. The molecule has 0 spiro atoms. The molecule has 0 aliphatic carbocycles. The zero-order valence-corrected chi connectivity index (χ0v) is 7.74. The Bertz CT molecular complexity index is 129. The van der Waals surface area contributed by atoms with Crippen molar-refractivity contribution in [3.8, 4) is 0 Å². The average Bonchev–Trinajstić information content (AvgIpc) is 2.12. The predicted molar refractivity (Wildman–Crippen MR) is 44.6 cm³/mol. The van der Waals surface area contributed by atoms with Crippen LogP contribution >= 0.6 is 0 Å². The van der Waals surface area contributed by atoms with Crippen LogP contribution < -0.4 is 0 Å². The van der Waals surface area contributed by atoms with Crippen molar-refractivity contribution in [2.45, 2.75) is 12.9 Å². The summed E-state index contributed by atoms with van der Waals surface area (Å²) in [6.45, 7) is 2.03. The van der Waals surface area contributed by atoms with Crippen LogP contribution in [0.3, 0.4) is 0 Å². The maximum atomic E-state index is 8.41. The van der Waals surface area contributed by atoms with E-state index in [0.717, 1.165) is 0 Å². The summed E-state index contributed by atoms with van der Waals surface area (Å²) < 4.78 is 15.0. The summed E-state index contributed by atoms with van der Waals surface area (Å²) in [5.74, 6) is -1.00. The molecule has 4 nitrogen and oxygen atoms in total. The Morgan fingerprint density at radius 3 is 2.25 bits per heavy atom. The molecule has 0 rings (SSSR count). The van der Waals surface area contributed by atoms with E-state index in [2.05, 4.69) is 0 Å². The van der Waals surface area contributed by atoms with Crippen molar-refractivity contribution < 1.29 is 19.3 Å². The second-order valence-electron chi connectivity index (χ2n) is 2.24. The fourth-order valence-corrected chi connectivity index (χ4v) is 0.543. The van der Waals surface area contributed by atoms with E-state index in [4.69, 9.17) is 19.3 Å². The van der Waals surface area contributed by atoms with Crippen molar-refractivity contribution in [2.24, 2.45) is 0 Å². The van der Waals surface area contributed by atoms with Gasteiger partial charge in [0.15, 0.2) is 0 Å². The molecule has 0 fully saturated rings. The topological polar surface area (TPSA) is 47.9 Å². The second-order valence-corrected chi connectivity index (χ2v) is 2.24. The van der Waals surface area contributed by atoms with Crippen LogP contribution in [0.5, 0.6) is 0 Å². The largest absolute Gasteiger partial charge is 0.392 e. The third kappa shape index (κ3) is 4.46. The lowest BCUT2D eigenvalue weighted by atomic mass is 10.5. The van der Waals surface area contributed by atoms with E-state index in [9.17, 15) is 0 Å². The van der Waals surface area contributed by atoms with E-state index in [1.807, 2.05) is 0 Å². The third-order valence-corrected chi connectivity index (χ3v) is 1.46. The van der Waals surface area contributed by atoms with Crippen LogP contribution in [-0.4, -0.2) is 38.5 Å². The number of rotatable bonds is 6. The number of hydrogen-bond acceptors (Lipinski definition) is 4. The molecular formula is C8H16O4. The van der Waals surface area contributed by atoms with E-state index in [1.165, 1.54) is 14.2 Å². The molecular weight excluding hydrogens is 160 g/mol. The van der Waals surface area contributed by atoms with E-state index in [-0.39, 0.29) is 6.61 Å². The molecule has 0 aromatic rings. The molecule has 0 saturated heterocycles. The molecule has 1 N–H and O–H groups in total. The molecule has 0 amide bonds. The molecule has 4 heteroatoms. The molecule has 72 valence electrons. The van der Waals surface area contributed by atoms with Crippen molar-refractivity contribution in [3.63, 3.8) is 0 Å². The van der Waals surface area contributed by atoms with Gasteiger partial charge in [0, 0.05) is 21.1 Å². The van der Waals surface area contributed by atoms with Crippen molar-refractivity contribution in [3.05, 3.63) is 12.2 Å². The van der Waals surface area contributed by atoms with E-state index >= 15 is 0 Å². The quantitative estimate of drug-likeness (QED) is 0.473. The minimum atomic E-state index is -1.00. The summed E-state index contributed by atoms with van der Waals surface area (Å²) >= 11 is 0. The maximum absolute atomic E-state index is 8.41. The maximum Gasteiger partial charge on any atom is 0.279 e. The lowest BCUT2D eigenvalue weighted by molar-refractivity contribution is -0.346. The Morgan fingerprint density at radius 2 is 1.83 bits per heavy atom. The number of methoxy groups -OCH3 is 2. The van der Waals surface area contributed by atoms with Gasteiger partial charge in [0.25, 0.3) is 5.97 Å². The molecule has 0 saturated carbocycles. The Hall–Kier alpha value is -0.420. The summed E-state index contributed by atoms with van der Waals surface area (Å²) in [5, 5.41) is 8.41. The number of hydrogen-bond donors (Lipinski definition) is 1. The molecule has 0 unspecified atom stereocenters. The van der Waals surface area contributed by atoms with Crippen LogP contribution in [0, 0.1) is 0 Å². The van der Waals surface area contributed by atoms with Gasteiger partial charge in [-0.1, -0.05) is 12.2 Å². The fourth-order valence-electron chi connectivity index (χ4n) is 0.543. The van der Waals surface area contributed by atoms with E-state index in [0.29, 0.717) is 6.61 Å². The van der Waals surface area contributed by atoms with Crippen molar-refractivity contribution in [1.82, 2.24) is 0 Å². The van der Waals surface area contributed by atoms with Gasteiger partial charge in [-0.15, -0.1) is 0 Å². The van der Waals surface area contributed by atoms with Gasteiger partial charge in [0.1, 0.15) is 0 Å². The van der Waals surface area contributed by atoms with Crippen LogP contribution in [0.2, 0.25) is 0 Å². The zero-order chi connectivity index (χ0) is 9.45. The standard InChI is InChI=1S/C8H16O4/c1-8(10-2,11-3)12-7-5-4-6-9/h4-5,9H,6-7H2,1-3H3/b5-4+. The van der Waals surface area contributed by atoms with Crippen LogP contribution in [0.4, 0.5) is 0 Å². The summed E-state index contributed by atoms with van der Waals surface area (Å²) in [6, 6.07) is 0. The van der Waals surface area contributed by atoms with Gasteiger partial charge in [0.2, 0.25) is 0 Å². The average molecular weight is 176 g/mol. The lowest BCUT2D eigenvalue weighted by Crippen LogP contribution is -2.33. The molecule has 12 heavy (non-hydrogen) atoms. The summed E-state index contributed by atoms with van der Waals surface area (Å²) in [6.07, 6.45) is 3.28. The van der Waals surface area contributed by atoms with Gasteiger partial charge in [-0.25, -0.2) is 0 Å². The Labute approximate surface area is 72.7 Å². The molecule has 0 aliphatic rings. The number of aliphatic hydroxyl groups is 1. The molecule has 0 aromatic heterocycles. The minimum absolute atomic E-state index is 0.0139. The second kappa shape index (κ2) is 6.14. The van der Waals surface area contributed by atoms with Crippen LogP contribution in [0.15, 0.2) is 12.2 Å². The SMILES string of the molecule is COC(C)(OC)OC/C=C/CO. The molecule has 0 atom stereocenters. The van der Waals surface area contributed by atoms with Gasteiger partial charge in [-0.2, -0.15) is 0 Å². The normalized spacial score (nSPS) is 12.7. The van der Waals surface area contributed by atoms with Crippen LogP contribution in [0.25, 0.3) is 0 Å². The number of aliphatic hydroxyl groups excluding tert-OH is 1. The molecule has 0 radical (unpaired) electrons. The summed E-state index contributed by atoms with van der Waals surface area (Å²) in [4.78, 5) is 0. The molecule has 0 aromatic carbocycles. The first-order chi connectivity index (χ1) is 5.68. The highest BCUT2D eigenvalue weighted by Gasteiger charge is 2.22. The van der Waals surface area contributed by atoms with Crippen LogP contribution in [-0.2, 0) is 14.2 Å². The van der Waals surface area contributed by atoms with Gasteiger partial charge in [-0.05, 0) is 0 Å². The fraction of sp³-hybridized carbons (Fsp3) is 0.750. The van der Waals surface area contributed by atoms with Gasteiger partial charge < -0.3 is 19.3 Å². The van der Waals surface area contributed by atoms with Gasteiger partial charge >= 0.3 is 0 Å². The molecule has 0 aliphatic heterocycles. The van der Waals surface area contributed by atoms with Crippen LogP contribution in [0.1, 0.15) is 6.92 Å². The van der Waals surface area contributed by atoms with Crippen molar-refractivity contribution >= 4 is 0 Å². The van der Waals surface area contributed by atoms with Gasteiger partial charge in [0.05, 0.1) is 13.2 Å². The molecule has 0 heterocycles. The monoisotopic (exact) mass is 176 g/mol. The zero-order valence-electron chi connectivity index (χ0n) is 7.74. The first-order valence-corrected chi connectivity index (χ1v) is 3.68. The third-order valence-electron chi connectivity index (χ3n) is 1.46. The first-order valence-electron chi connectivity index (χ1n) is 3.68. The highest BCUT2D eigenvalue weighted by atomic mass is 16.9. The van der Waals surface area contributed by atoms with E-state index < -0.39 is 5.97 Å². The predicted octanol–water partition coefficient (Wildman–Crippen LogP) is 0.518. The number of ether oxygens (including phenoxy) is 3. The Kier molecular flexibility index (Phi) is 5.92. The van der Waals surface area contributed by atoms with Gasteiger partial charge in [-0.3, -0.25) is 0 Å². The van der Waals surface area contributed by atoms with Crippen molar-refractivity contribution in [1.29, 1.82) is 0 Å².